The minimum absolute atomic E-state index is 0.0848. The number of esters is 2. The molecule has 0 amide bonds. The van der Waals surface area contributed by atoms with Crippen LogP contribution in [0.1, 0.15) is 232 Å². The normalized spacial score (nSPS) is 13.5. The van der Waals surface area contributed by atoms with Crippen LogP contribution in [-0.2, 0) is 19.1 Å². The van der Waals surface area contributed by atoms with Crippen LogP contribution in [0.2, 0.25) is 0 Å². The molecule has 1 atom stereocenters. The zero-order valence-electron chi connectivity index (χ0n) is 47.3. The molecule has 0 fully saturated rings. The average Bonchev–Trinajstić information content (AvgIpc) is 3.40. The molecule has 414 valence electrons. The van der Waals surface area contributed by atoms with Crippen LogP contribution in [0.4, 0.5) is 0 Å². The van der Waals surface area contributed by atoms with Gasteiger partial charge < -0.3 is 14.6 Å². The third kappa shape index (κ3) is 59.8. The van der Waals surface area contributed by atoms with E-state index in [4.69, 9.17) is 9.47 Å². The van der Waals surface area contributed by atoms with Gasteiger partial charge in [0.1, 0.15) is 6.61 Å². The molecule has 5 heteroatoms. The number of carbonyl (C=O) groups excluding carboxylic acids is 2. The molecule has 1 N–H and O–H groups in total. The van der Waals surface area contributed by atoms with Crippen LogP contribution in [0.15, 0.2) is 170 Å². The summed E-state index contributed by atoms with van der Waals surface area (Å²) < 4.78 is 10.7. The highest BCUT2D eigenvalue weighted by atomic mass is 16.6. The van der Waals surface area contributed by atoms with Crippen molar-refractivity contribution in [1.82, 2.24) is 0 Å². The molecule has 0 aliphatic rings. The topological polar surface area (TPSA) is 72.8 Å². The maximum atomic E-state index is 12.3. The van der Waals surface area contributed by atoms with Gasteiger partial charge in [-0.05, 0) is 128 Å². The van der Waals surface area contributed by atoms with Crippen molar-refractivity contribution in [1.29, 1.82) is 0 Å². The molecule has 0 rings (SSSR count). The Morgan fingerprint density at radius 1 is 0.311 bits per heavy atom. The van der Waals surface area contributed by atoms with Gasteiger partial charge in [-0.2, -0.15) is 0 Å². The molecule has 0 bridgehead atoms. The van der Waals surface area contributed by atoms with Gasteiger partial charge >= 0.3 is 11.9 Å². The molecule has 0 aromatic rings. The quantitative estimate of drug-likeness (QED) is 0.0373. The summed E-state index contributed by atoms with van der Waals surface area (Å²) in [6, 6.07) is 0. The Morgan fingerprint density at radius 3 is 0.811 bits per heavy atom. The molecular weight excluding hydrogens is 909 g/mol. The summed E-state index contributed by atoms with van der Waals surface area (Å²) in [5, 5.41) is 9.67. The summed E-state index contributed by atoms with van der Waals surface area (Å²) in [7, 11) is 0. The lowest BCUT2D eigenvalue weighted by Gasteiger charge is -2.15. The summed E-state index contributed by atoms with van der Waals surface area (Å²) in [4.78, 5) is 24.6. The molecule has 5 nitrogen and oxygen atoms in total. The number of aliphatic hydroxyl groups is 1. The Bertz CT molecular complexity index is 1670. The Kier molecular flexibility index (Phi) is 58.5. The van der Waals surface area contributed by atoms with E-state index in [1.165, 1.54) is 70.6 Å². The van der Waals surface area contributed by atoms with E-state index in [1.807, 2.05) is 0 Å². The summed E-state index contributed by atoms with van der Waals surface area (Å²) in [6.07, 6.45) is 97.5. The first kappa shape index (κ1) is 69.3. The Balaban J connectivity index is 3.62. The highest BCUT2D eigenvalue weighted by Gasteiger charge is 2.16. The van der Waals surface area contributed by atoms with E-state index in [2.05, 4.69) is 184 Å². The second-order valence-electron chi connectivity index (χ2n) is 19.0. The lowest BCUT2D eigenvalue weighted by molar-refractivity contribution is -0.161. The summed E-state index contributed by atoms with van der Waals surface area (Å²) in [5.74, 6) is -0.622. The zero-order valence-corrected chi connectivity index (χ0v) is 47.3. The third-order valence-corrected chi connectivity index (χ3v) is 12.0. The van der Waals surface area contributed by atoms with Crippen LogP contribution in [0.25, 0.3) is 0 Å². The van der Waals surface area contributed by atoms with Crippen LogP contribution < -0.4 is 0 Å². The number of allylic oxidation sites excluding steroid dienone is 28. The predicted molar refractivity (Wildman–Crippen MR) is 324 cm³/mol. The number of ether oxygens (including phenoxy) is 2. The summed E-state index contributed by atoms with van der Waals surface area (Å²) >= 11 is 0. The zero-order chi connectivity index (χ0) is 53.4. The number of unbranched alkanes of at least 4 members (excludes halogenated alkanes) is 16. The average molecular weight is 1020 g/mol. The molecular formula is C69H108O5. The molecule has 0 radical (unpaired) electrons. The van der Waals surface area contributed by atoms with E-state index in [-0.39, 0.29) is 25.2 Å². The smallest absolute Gasteiger partial charge is 0.306 e. The van der Waals surface area contributed by atoms with Crippen molar-refractivity contribution in [2.24, 2.45) is 0 Å². The molecule has 0 aromatic heterocycles. The molecule has 0 aliphatic heterocycles. The van der Waals surface area contributed by atoms with Gasteiger partial charge in [0.15, 0.2) is 6.10 Å². The van der Waals surface area contributed by atoms with E-state index < -0.39 is 6.10 Å². The van der Waals surface area contributed by atoms with Gasteiger partial charge in [0, 0.05) is 12.8 Å². The van der Waals surface area contributed by atoms with Gasteiger partial charge in [-0.25, -0.2) is 0 Å². The first-order valence-corrected chi connectivity index (χ1v) is 29.7. The van der Waals surface area contributed by atoms with Gasteiger partial charge in [-0.1, -0.05) is 261 Å². The first-order chi connectivity index (χ1) is 36.6. The second kappa shape index (κ2) is 62.6. The molecule has 0 aliphatic carbocycles. The molecule has 74 heavy (non-hydrogen) atoms. The fraction of sp³-hybridized carbons (Fsp3) is 0.565. The fourth-order valence-electron chi connectivity index (χ4n) is 7.63. The monoisotopic (exact) mass is 1020 g/mol. The van der Waals surface area contributed by atoms with E-state index >= 15 is 0 Å². The number of carbonyl (C=O) groups is 2. The van der Waals surface area contributed by atoms with E-state index in [0.717, 1.165) is 135 Å². The lowest BCUT2D eigenvalue weighted by atomic mass is 10.1. The number of hydrogen-bond donors (Lipinski definition) is 1. The molecule has 1 unspecified atom stereocenters. The maximum Gasteiger partial charge on any atom is 0.306 e. The fourth-order valence-corrected chi connectivity index (χ4v) is 7.63. The van der Waals surface area contributed by atoms with Crippen LogP contribution in [0, 0.1) is 0 Å². The largest absolute Gasteiger partial charge is 0.462 e. The van der Waals surface area contributed by atoms with Crippen molar-refractivity contribution < 1.29 is 24.2 Å². The van der Waals surface area contributed by atoms with E-state index in [1.54, 1.807) is 0 Å². The molecule has 0 spiro atoms. The van der Waals surface area contributed by atoms with Gasteiger partial charge in [0.2, 0.25) is 0 Å². The molecule has 0 heterocycles. The highest BCUT2D eigenvalue weighted by Crippen LogP contribution is 2.14. The van der Waals surface area contributed by atoms with Gasteiger partial charge in [0.05, 0.1) is 6.61 Å². The second-order valence-corrected chi connectivity index (χ2v) is 19.0. The first-order valence-electron chi connectivity index (χ1n) is 29.7. The Morgan fingerprint density at radius 2 is 0.541 bits per heavy atom. The highest BCUT2D eigenvalue weighted by molar-refractivity contribution is 5.70. The van der Waals surface area contributed by atoms with Crippen molar-refractivity contribution in [3.63, 3.8) is 0 Å². The minimum atomic E-state index is -0.795. The Hall–Kier alpha value is -4.74. The van der Waals surface area contributed by atoms with E-state index in [0.29, 0.717) is 12.8 Å². The number of aliphatic hydroxyl groups excluding tert-OH is 1. The Labute approximate surface area is 455 Å². The van der Waals surface area contributed by atoms with Gasteiger partial charge in [-0.15, -0.1) is 0 Å². The van der Waals surface area contributed by atoms with Crippen molar-refractivity contribution in [2.75, 3.05) is 13.2 Å². The van der Waals surface area contributed by atoms with Crippen LogP contribution in [-0.4, -0.2) is 36.4 Å². The lowest BCUT2D eigenvalue weighted by Crippen LogP contribution is -2.28. The third-order valence-electron chi connectivity index (χ3n) is 12.0. The number of hydrogen-bond acceptors (Lipinski definition) is 5. The van der Waals surface area contributed by atoms with Crippen molar-refractivity contribution >= 4 is 11.9 Å². The van der Waals surface area contributed by atoms with Crippen LogP contribution in [0.3, 0.4) is 0 Å². The van der Waals surface area contributed by atoms with Gasteiger partial charge in [0.25, 0.3) is 0 Å². The van der Waals surface area contributed by atoms with Gasteiger partial charge in [-0.3, -0.25) is 9.59 Å². The van der Waals surface area contributed by atoms with Crippen LogP contribution >= 0.6 is 0 Å². The van der Waals surface area contributed by atoms with Crippen molar-refractivity contribution in [3.8, 4) is 0 Å². The molecule has 0 saturated carbocycles. The van der Waals surface area contributed by atoms with E-state index in [9.17, 15) is 14.7 Å². The maximum absolute atomic E-state index is 12.3. The standard InChI is InChI=1S/C69H108O5/c1-3-5-7-9-11-13-15-17-19-21-23-25-27-29-30-31-32-33-34-35-36-37-38-40-42-44-46-48-50-52-54-56-58-60-62-64-69(72)74-67(65-70)66-73-68(71)63-61-59-57-55-53-51-49-47-45-43-41-39-28-26-24-22-20-18-16-14-12-10-8-6-4-2/h5-8,11-14,17-20,23-26,29-30,32-33,35-36,38-41,44,46,67,70H,3-4,9-10,15-16,21-22,27-28,31,34,37,42-43,45,47-66H2,1-2H3/b7-5-,8-6-,13-11-,14-12-,19-17-,20-18-,25-23-,26-24-,30-29-,33-32-,36-35-,40-38-,41-39-,46-44-. The summed E-state index contributed by atoms with van der Waals surface area (Å²) in [6.45, 7) is 3.89. The van der Waals surface area contributed by atoms with Crippen molar-refractivity contribution in [3.05, 3.63) is 170 Å². The van der Waals surface area contributed by atoms with Crippen molar-refractivity contribution in [2.45, 2.75) is 238 Å². The number of rotatable bonds is 52. The molecule has 0 aromatic carbocycles. The van der Waals surface area contributed by atoms with Crippen LogP contribution in [0.5, 0.6) is 0 Å². The summed E-state index contributed by atoms with van der Waals surface area (Å²) in [5.41, 5.74) is 0. The molecule has 0 saturated heterocycles. The predicted octanol–water partition coefficient (Wildman–Crippen LogP) is 20.5. The minimum Gasteiger partial charge on any atom is -0.462 e. The SMILES string of the molecule is CC/C=C\C/C=C\C/C=C\C/C=C\C/C=C\C/C=C\C/C=C\C/C=C\C/C=C\CCCCCCCCCC(=O)OC(CO)COC(=O)CCCCCCCCCCC/C=C\C/C=C\C/C=C\C/C=C\C/C=C\CC.